The summed E-state index contributed by atoms with van der Waals surface area (Å²) in [6.45, 7) is 8.89. The number of ether oxygens (including phenoxy) is 2. The van der Waals surface area contributed by atoms with E-state index in [4.69, 9.17) is 9.47 Å². The van der Waals surface area contributed by atoms with Crippen LogP contribution in [0.3, 0.4) is 0 Å². The number of hydrogen-bond acceptors (Lipinski definition) is 7. The average Bonchev–Trinajstić information content (AvgIpc) is 2.74. The molecule has 0 atom stereocenters. The van der Waals surface area contributed by atoms with Crippen molar-refractivity contribution in [3.05, 3.63) is 36.2 Å². The second-order valence-corrected chi connectivity index (χ2v) is 9.05. The van der Waals surface area contributed by atoms with Gasteiger partial charge in [-0.25, -0.2) is 13.4 Å². The van der Waals surface area contributed by atoms with E-state index < -0.39 is 10.0 Å². The van der Waals surface area contributed by atoms with Gasteiger partial charge in [-0.2, -0.15) is 9.29 Å². The van der Waals surface area contributed by atoms with Gasteiger partial charge >= 0.3 is 0 Å². The van der Waals surface area contributed by atoms with E-state index in [1.807, 2.05) is 13.8 Å². The number of nitrogens with zero attached hydrogens (tertiary/aromatic N) is 4. The minimum Gasteiger partial charge on any atom is -0.494 e. The zero-order chi connectivity index (χ0) is 21.6. The Balaban J connectivity index is 1.64. The minimum atomic E-state index is -3.54. The molecule has 1 saturated heterocycles. The lowest BCUT2D eigenvalue weighted by Gasteiger charge is -2.34. The quantitative estimate of drug-likeness (QED) is 0.561. The van der Waals surface area contributed by atoms with Crippen LogP contribution in [-0.4, -0.2) is 62.1 Å². The molecular formula is C21H30N4O4S. The predicted octanol–water partition coefficient (Wildman–Crippen LogP) is 2.87. The lowest BCUT2D eigenvalue weighted by atomic mass is 10.3. The first-order valence-corrected chi connectivity index (χ1v) is 11.8. The molecule has 0 saturated carbocycles. The molecule has 1 aromatic heterocycles. The highest BCUT2D eigenvalue weighted by Gasteiger charge is 2.29. The van der Waals surface area contributed by atoms with Gasteiger partial charge in [-0.15, -0.1) is 0 Å². The maximum absolute atomic E-state index is 13.0. The van der Waals surface area contributed by atoms with E-state index in [2.05, 4.69) is 21.8 Å². The van der Waals surface area contributed by atoms with Gasteiger partial charge in [0.1, 0.15) is 17.4 Å². The topological polar surface area (TPSA) is 84.9 Å². The van der Waals surface area contributed by atoms with Crippen molar-refractivity contribution >= 4 is 15.8 Å². The van der Waals surface area contributed by atoms with Gasteiger partial charge in [-0.1, -0.05) is 13.3 Å². The Morgan fingerprint density at radius 2 is 1.70 bits per heavy atom. The molecule has 9 heteroatoms. The molecule has 164 valence electrons. The van der Waals surface area contributed by atoms with Crippen LogP contribution >= 0.6 is 0 Å². The van der Waals surface area contributed by atoms with E-state index >= 15 is 0 Å². The summed E-state index contributed by atoms with van der Waals surface area (Å²) in [5, 5.41) is 0. The van der Waals surface area contributed by atoms with Gasteiger partial charge < -0.3 is 14.4 Å². The van der Waals surface area contributed by atoms with E-state index in [1.54, 1.807) is 30.3 Å². The first-order chi connectivity index (χ1) is 14.4. The summed E-state index contributed by atoms with van der Waals surface area (Å²) in [7, 11) is -3.54. The largest absolute Gasteiger partial charge is 0.494 e. The normalized spacial score (nSPS) is 15.2. The number of rotatable bonds is 9. The second-order valence-electron chi connectivity index (χ2n) is 7.11. The molecule has 3 rings (SSSR count). The molecular weight excluding hydrogens is 404 g/mol. The van der Waals surface area contributed by atoms with Crippen molar-refractivity contribution in [1.82, 2.24) is 14.3 Å². The summed E-state index contributed by atoms with van der Waals surface area (Å²) in [6, 6.07) is 8.48. The smallest absolute Gasteiger partial charge is 0.243 e. The van der Waals surface area contributed by atoms with Crippen LogP contribution in [0.25, 0.3) is 0 Å². The first kappa shape index (κ1) is 22.3. The molecule has 2 aromatic rings. The van der Waals surface area contributed by atoms with E-state index in [0.29, 0.717) is 56.8 Å². The van der Waals surface area contributed by atoms with E-state index in [0.717, 1.165) is 18.7 Å². The van der Waals surface area contributed by atoms with Crippen LogP contribution in [0.15, 0.2) is 35.2 Å². The fraction of sp³-hybridized carbons (Fsp3) is 0.524. The number of sulfonamides is 1. The van der Waals surface area contributed by atoms with Gasteiger partial charge in [0.15, 0.2) is 0 Å². The monoisotopic (exact) mass is 434 g/mol. The number of hydrogen-bond donors (Lipinski definition) is 0. The molecule has 0 unspecified atom stereocenters. The highest BCUT2D eigenvalue weighted by atomic mass is 32.2. The van der Waals surface area contributed by atoms with Gasteiger partial charge in [0.25, 0.3) is 0 Å². The third-order valence-corrected chi connectivity index (χ3v) is 6.80. The van der Waals surface area contributed by atoms with Gasteiger partial charge in [0.2, 0.25) is 15.9 Å². The molecule has 1 aliphatic heterocycles. The zero-order valence-corrected chi connectivity index (χ0v) is 18.7. The molecule has 0 amide bonds. The molecule has 1 aliphatic rings. The Morgan fingerprint density at radius 1 is 1.00 bits per heavy atom. The molecule has 8 nitrogen and oxygen atoms in total. The number of aromatic nitrogens is 2. The summed E-state index contributed by atoms with van der Waals surface area (Å²) < 4.78 is 38.7. The fourth-order valence-corrected chi connectivity index (χ4v) is 4.68. The standard InChI is InChI=1S/C21H30N4O4S/c1-4-6-15-29-18-7-9-19(10-8-18)30(26,27)25-13-11-24(12-14-25)20-16-21(28-5-2)23-17(3)22-20/h7-10,16H,4-6,11-15H2,1-3H3. The number of unbranched alkanes of at least 4 members (excludes halogenated alkanes) is 1. The Kier molecular flexibility index (Phi) is 7.49. The Bertz CT molecular complexity index is 927. The highest BCUT2D eigenvalue weighted by molar-refractivity contribution is 7.89. The molecule has 30 heavy (non-hydrogen) atoms. The van der Waals surface area contributed by atoms with Crippen LogP contribution in [0.5, 0.6) is 11.6 Å². The van der Waals surface area contributed by atoms with E-state index in [9.17, 15) is 8.42 Å². The fourth-order valence-electron chi connectivity index (χ4n) is 3.26. The zero-order valence-electron chi connectivity index (χ0n) is 17.9. The summed E-state index contributed by atoms with van der Waals surface area (Å²) in [5.74, 6) is 2.62. The third kappa shape index (κ3) is 5.40. The van der Waals surface area contributed by atoms with Crippen molar-refractivity contribution in [3.8, 4) is 11.6 Å². The van der Waals surface area contributed by atoms with Crippen LogP contribution < -0.4 is 14.4 Å². The van der Waals surface area contributed by atoms with Crippen LogP contribution in [0.4, 0.5) is 5.82 Å². The van der Waals surface area contributed by atoms with E-state index in [-0.39, 0.29) is 4.90 Å². The predicted molar refractivity (Wildman–Crippen MR) is 116 cm³/mol. The van der Waals surface area contributed by atoms with Crippen molar-refractivity contribution in [2.24, 2.45) is 0 Å². The van der Waals surface area contributed by atoms with Crippen LogP contribution in [0.1, 0.15) is 32.5 Å². The Hall–Kier alpha value is -2.39. The van der Waals surface area contributed by atoms with Crippen LogP contribution in [0.2, 0.25) is 0 Å². The van der Waals surface area contributed by atoms with Crippen molar-refractivity contribution in [3.63, 3.8) is 0 Å². The lowest BCUT2D eigenvalue weighted by molar-refractivity contribution is 0.309. The van der Waals surface area contributed by atoms with Crippen LogP contribution in [-0.2, 0) is 10.0 Å². The van der Waals surface area contributed by atoms with Crippen LogP contribution in [0, 0.1) is 6.92 Å². The summed E-state index contributed by atoms with van der Waals surface area (Å²) in [5.41, 5.74) is 0. The van der Waals surface area contributed by atoms with Gasteiger partial charge in [-0.05, 0) is 44.5 Å². The number of benzene rings is 1. The van der Waals surface area contributed by atoms with Gasteiger partial charge in [-0.3, -0.25) is 0 Å². The average molecular weight is 435 g/mol. The summed E-state index contributed by atoms with van der Waals surface area (Å²) >= 11 is 0. The summed E-state index contributed by atoms with van der Waals surface area (Å²) in [6.07, 6.45) is 2.03. The van der Waals surface area contributed by atoms with Crippen molar-refractivity contribution in [2.45, 2.75) is 38.5 Å². The summed E-state index contributed by atoms with van der Waals surface area (Å²) in [4.78, 5) is 11.1. The molecule has 0 bridgehead atoms. The maximum atomic E-state index is 13.0. The molecule has 0 radical (unpaired) electrons. The number of aryl methyl sites for hydroxylation is 1. The van der Waals surface area contributed by atoms with Gasteiger partial charge in [0, 0.05) is 32.2 Å². The second kappa shape index (κ2) is 10.1. The Labute approximate surface area is 178 Å². The number of anilines is 1. The Morgan fingerprint density at radius 3 is 2.33 bits per heavy atom. The first-order valence-electron chi connectivity index (χ1n) is 10.4. The molecule has 1 aromatic carbocycles. The molecule has 1 fully saturated rings. The van der Waals surface area contributed by atoms with Crippen molar-refractivity contribution in [1.29, 1.82) is 0 Å². The van der Waals surface area contributed by atoms with E-state index in [1.165, 1.54) is 4.31 Å². The molecule has 0 N–H and O–H groups in total. The minimum absolute atomic E-state index is 0.287. The third-order valence-electron chi connectivity index (χ3n) is 4.88. The molecule has 0 aliphatic carbocycles. The van der Waals surface area contributed by atoms with Crippen molar-refractivity contribution in [2.75, 3.05) is 44.3 Å². The maximum Gasteiger partial charge on any atom is 0.243 e. The highest BCUT2D eigenvalue weighted by Crippen LogP contribution is 2.24. The lowest BCUT2D eigenvalue weighted by Crippen LogP contribution is -2.49. The molecule has 0 spiro atoms. The molecule has 2 heterocycles. The number of piperazine rings is 1. The van der Waals surface area contributed by atoms with Gasteiger partial charge in [0.05, 0.1) is 18.1 Å². The SMILES string of the molecule is CCCCOc1ccc(S(=O)(=O)N2CCN(c3cc(OCC)nc(C)n3)CC2)cc1. The van der Waals surface area contributed by atoms with Crippen molar-refractivity contribution < 1.29 is 17.9 Å².